The number of hydrogen-bond acceptors (Lipinski definition) is 8. The third-order valence-electron chi connectivity index (χ3n) is 7.83. The van der Waals surface area contributed by atoms with Crippen LogP contribution in [0.2, 0.25) is 5.02 Å². The maximum atomic E-state index is 15.2. The number of rotatable bonds is 9. The van der Waals surface area contributed by atoms with E-state index in [2.05, 4.69) is 61.7 Å². The molecule has 4 N–H and O–H groups in total. The predicted octanol–water partition coefficient (Wildman–Crippen LogP) is 5.15. The van der Waals surface area contributed by atoms with Gasteiger partial charge < -0.3 is 10.6 Å². The Balaban J connectivity index is 1.43. The zero-order chi connectivity index (χ0) is 28.6. The van der Waals surface area contributed by atoms with Crippen molar-refractivity contribution in [3.8, 4) is 6.07 Å². The SMILES string of the molecule is [B]C(Nc1cc(Cl)c2ncc(C#N)c(N[C@H](CC)c3ccccc3)c2c1)(c1cccnc1F)C1CN(C2CC2)NN1. The van der Waals surface area contributed by atoms with E-state index in [1.807, 2.05) is 24.3 Å². The summed E-state index contributed by atoms with van der Waals surface area (Å²) in [6.45, 7) is 2.63. The Morgan fingerprint density at radius 3 is 2.73 bits per heavy atom. The Bertz CT molecular complexity index is 1610. The summed E-state index contributed by atoms with van der Waals surface area (Å²) in [7, 11) is 7.06. The second-order valence-electron chi connectivity index (χ2n) is 10.6. The molecule has 0 spiro atoms. The lowest BCUT2D eigenvalue weighted by molar-refractivity contribution is 0.222. The van der Waals surface area contributed by atoms with E-state index in [-0.39, 0.29) is 11.6 Å². The van der Waals surface area contributed by atoms with Crippen LogP contribution in [0.1, 0.15) is 48.9 Å². The van der Waals surface area contributed by atoms with Gasteiger partial charge in [-0.3, -0.25) is 4.98 Å². The molecule has 1 aliphatic carbocycles. The zero-order valence-electron chi connectivity index (χ0n) is 22.5. The van der Waals surface area contributed by atoms with Gasteiger partial charge >= 0.3 is 0 Å². The average Bonchev–Trinajstić information content (AvgIpc) is 3.71. The van der Waals surface area contributed by atoms with Gasteiger partial charge in [0.1, 0.15) is 13.9 Å². The van der Waals surface area contributed by atoms with Gasteiger partial charge in [0.2, 0.25) is 5.95 Å². The number of hydrogen-bond donors (Lipinski definition) is 4. The minimum atomic E-state index is -1.41. The Kier molecular flexibility index (Phi) is 7.53. The summed E-state index contributed by atoms with van der Waals surface area (Å²) in [6, 6.07) is 19.1. The number of nitriles is 1. The van der Waals surface area contributed by atoms with Gasteiger partial charge in [-0.2, -0.15) is 15.2 Å². The van der Waals surface area contributed by atoms with Gasteiger partial charge in [-0.25, -0.2) is 15.4 Å². The molecule has 4 aromatic rings. The largest absolute Gasteiger partial charge is 0.382 e. The summed E-state index contributed by atoms with van der Waals surface area (Å²) >= 11 is 6.78. The highest BCUT2D eigenvalue weighted by Crippen LogP contribution is 2.39. The molecule has 1 aliphatic heterocycles. The van der Waals surface area contributed by atoms with Crippen LogP contribution in [0.15, 0.2) is 67.0 Å². The van der Waals surface area contributed by atoms with Gasteiger partial charge in [0, 0.05) is 47.1 Å². The van der Waals surface area contributed by atoms with Crippen LogP contribution >= 0.6 is 11.6 Å². The molecule has 206 valence electrons. The molecule has 6 rings (SSSR count). The number of halogens is 2. The van der Waals surface area contributed by atoms with Crippen LogP contribution in [0.3, 0.4) is 0 Å². The molecule has 3 heterocycles. The van der Waals surface area contributed by atoms with Crippen molar-refractivity contribution in [3.05, 3.63) is 94.7 Å². The topological polar surface area (TPSA) is 101 Å². The van der Waals surface area contributed by atoms with Crippen LogP contribution in [0.5, 0.6) is 0 Å². The van der Waals surface area contributed by atoms with Gasteiger partial charge in [0.25, 0.3) is 0 Å². The molecular weight excluding hydrogens is 538 g/mol. The van der Waals surface area contributed by atoms with Crippen molar-refractivity contribution < 1.29 is 4.39 Å². The van der Waals surface area contributed by atoms with Gasteiger partial charge in [-0.05, 0) is 43.0 Å². The summed E-state index contributed by atoms with van der Waals surface area (Å²) in [5, 5.41) is 20.0. The van der Waals surface area contributed by atoms with E-state index in [1.54, 1.807) is 18.2 Å². The molecule has 2 aromatic carbocycles. The molecule has 2 fully saturated rings. The highest BCUT2D eigenvalue weighted by Gasteiger charge is 2.44. The summed E-state index contributed by atoms with van der Waals surface area (Å²) in [4.78, 5) is 8.36. The summed E-state index contributed by atoms with van der Waals surface area (Å²) in [5.74, 6) is -0.662. The van der Waals surface area contributed by atoms with Crippen molar-refractivity contribution in [1.29, 1.82) is 5.26 Å². The molecule has 2 unspecified atom stereocenters. The molecule has 2 aliphatic rings. The van der Waals surface area contributed by atoms with E-state index in [4.69, 9.17) is 19.4 Å². The standard InChI is InChI=1S/C30H29BClFN8/c1-2-25(18-7-4-3-5-8-18)37-27-19(15-34)16-36-28-22(27)13-20(14-24(28)32)38-30(31,23-9-6-12-35-29(23)33)26-17-41(40-39-26)21-10-11-21/h3-9,12-14,16,21,25-26,38-40H,2,10-11,17H2,1H3,(H,36,37)/t25-,26?,30?/m1/s1. The van der Waals surface area contributed by atoms with E-state index in [1.165, 1.54) is 12.4 Å². The molecule has 1 saturated carbocycles. The number of nitrogens with zero attached hydrogens (tertiary/aromatic N) is 4. The lowest BCUT2D eigenvalue weighted by Gasteiger charge is -2.38. The Labute approximate surface area is 244 Å². The van der Waals surface area contributed by atoms with Crippen LogP contribution in [0.4, 0.5) is 15.8 Å². The minimum Gasteiger partial charge on any atom is -0.382 e. The third kappa shape index (κ3) is 5.34. The Hall–Kier alpha value is -3.75. The maximum absolute atomic E-state index is 15.2. The van der Waals surface area contributed by atoms with Crippen LogP contribution in [0.25, 0.3) is 10.9 Å². The molecule has 0 amide bonds. The molecule has 2 radical (unpaired) electrons. The van der Waals surface area contributed by atoms with Crippen molar-refractivity contribution in [2.75, 3.05) is 17.2 Å². The fourth-order valence-electron chi connectivity index (χ4n) is 5.46. The monoisotopic (exact) mass is 566 g/mol. The van der Waals surface area contributed by atoms with Crippen molar-refractivity contribution in [2.24, 2.45) is 0 Å². The fourth-order valence-corrected chi connectivity index (χ4v) is 5.73. The molecular formula is C30H29BClFN8. The second kappa shape index (κ2) is 11.3. The molecule has 1 saturated heterocycles. The van der Waals surface area contributed by atoms with E-state index >= 15 is 4.39 Å². The lowest BCUT2D eigenvalue weighted by Crippen LogP contribution is -2.54. The van der Waals surface area contributed by atoms with Crippen molar-refractivity contribution in [1.82, 2.24) is 25.9 Å². The van der Waals surface area contributed by atoms with E-state index in [0.29, 0.717) is 45.5 Å². The molecule has 8 nitrogen and oxygen atoms in total. The lowest BCUT2D eigenvalue weighted by atomic mass is 9.67. The number of fused-ring (bicyclic) bond motifs is 1. The first-order valence-corrected chi connectivity index (χ1v) is 14.1. The van der Waals surface area contributed by atoms with E-state index in [9.17, 15) is 5.26 Å². The maximum Gasteiger partial charge on any atom is 0.217 e. The Morgan fingerprint density at radius 1 is 1.22 bits per heavy atom. The number of hydrazine groups is 2. The minimum absolute atomic E-state index is 0.0513. The van der Waals surface area contributed by atoms with E-state index in [0.717, 1.165) is 24.8 Å². The summed E-state index contributed by atoms with van der Waals surface area (Å²) in [6.07, 6.45) is 5.90. The summed E-state index contributed by atoms with van der Waals surface area (Å²) in [5.41, 5.74) is 8.43. The zero-order valence-corrected chi connectivity index (χ0v) is 23.3. The number of pyridine rings is 2. The van der Waals surface area contributed by atoms with Crippen molar-refractivity contribution >= 4 is 41.7 Å². The van der Waals surface area contributed by atoms with Gasteiger partial charge in [0.15, 0.2) is 0 Å². The highest BCUT2D eigenvalue weighted by molar-refractivity contribution is 6.36. The van der Waals surface area contributed by atoms with Crippen LogP contribution in [0, 0.1) is 17.3 Å². The smallest absolute Gasteiger partial charge is 0.217 e. The quantitative estimate of drug-likeness (QED) is 0.163. The second-order valence-corrected chi connectivity index (χ2v) is 11.0. The molecule has 3 atom stereocenters. The first kappa shape index (κ1) is 27.4. The normalized spacial score (nSPS) is 19.4. The molecule has 11 heteroatoms. The van der Waals surface area contributed by atoms with Crippen molar-refractivity contribution in [2.45, 2.75) is 49.8 Å². The molecule has 0 bridgehead atoms. The fraction of sp³-hybridized carbons (Fsp3) is 0.300. The van der Waals surface area contributed by atoms with E-state index < -0.39 is 17.4 Å². The Morgan fingerprint density at radius 2 is 2.02 bits per heavy atom. The number of aromatic nitrogens is 2. The average molecular weight is 567 g/mol. The van der Waals surface area contributed by atoms with Gasteiger partial charge in [0.05, 0.1) is 33.9 Å². The molecule has 41 heavy (non-hydrogen) atoms. The summed E-state index contributed by atoms with van der Waals surface area (Å²) < 4.78 is 15.2. The van der Waals surface area contributed by atoms with Gasteiger partial charge in [-0.1, -0.05) is 54.9 Å². The first-order valence-electron chi connectivity index (χ1n) is 13.7. The number of benzene rings is 2. The predicted molar refractivity (Wildman–Crippen MR) is 160 cm³/mol. The third-order valence-corrected chi connectivity index (χ3v) is 8.12. The van der Waals surface area contributed by atoms with Crippen LogP contribution in [-0.2, 0) is 5.44 Å². The van der Waals surface area contributed by atoms with Crippen LogP contribution in [-0.4, -0.2) is 41.5 Å². The number of nitrogens with one attached hydrogen (secondary N) is 4. The van der Waals surface area contributed by atoms with Crippen LogP contribution < -0.4 is 21.6 Å². The molecule has 2 aromatic heterocycles. The highest BCUT2D eigenvalue weighted by atomic mass is 35.5. The first-order chi connectivity index (χ1) is 19.9. The van der Waals surface area contributed by atoms with Crippen molar-refractivity contribution in [3.63, 3.8) is 0 Å². The van der Waals surface area contributed by atoms with Gasteiger partial charge in [-0.15, -0.1) is 0 Å². The number of anilines is 2.